The van der Waals surface area contributed by atoms with Crippen LogP contribution in [0.4, 0.5) is 0 Å². The smallest absolute Gasteiger partial charge is 0.225 e. The first-order valence-electron chi connectivity index (χ1n) is 6.67. The summed E-state index contributed by atoms with van der Waals surface area (Å²) in [5, 5.41) is 5.00. The van der Waals surface area contributed by atoms with Crippen molar-refractivity contribution in [3.63, 3.8) is 0 Å². The molecule has 5 heteroatoms. The Morgan fingerprint density at radius 2 is 2.45 bits per heavy atom. The number of nitrogens with one attached hydrogen (secondary N) is 1. The van der Waals surface area contributed by atoms with Gasteiger partial charge in [0.2, 0.25) is 5.91 Å². The average molecular weight is 288 g/mol. The van der Waals surface area contributed by atoms with Gasteiger partial charge in [0, 0.05) is 19.3 Å². The van der Waals surface area contributed by atoms with E-state index in [1.807, 2.05) is 29.6 Å². The lowest BCUT2D eigenvalue weighted by molar-refractivity contribution is -0.125. The van der Waals surface area contributed by atoms with Crippen LogP contribution in [0, 0.1) is 5.92 Å². The summed E-state index contributed by atoms with van der Waals surface area (Å²) in [6.45, 7) is 1.77. The van der Waals surface area contributed by atoms with Crippen LogP contribution in [0.15, 0.2) is 35.8 Å². The first-order valence-corrected chi connectivity index (χ1v) is 7.55. The van der Waals surface area contributed by atoms with Gasteiger partial charge in [0.15, 0.2) is 0 Å². The van der Waals surface area contributed by atoms with Gasteiger partial charge in [-0.15, -0.1) is 11.3 Å². The molecule has 1 saturated heterocycles. The van der Waals surface area contributed by atoms with E-state index in [1.165, 1.54) is 0 Å². The van der Waals surface area contributed by atoms with E-state index in [0.29, 0.717) is 19.8 Å². The number of aromatic nitrogens is 1. The summed E-state index contributed by atoms with van der Waals surface area (Å²) in [6, 6.07) is 8.02. The number of hydrogen-bond donors (Lipinski definition) is 1. The molecule has 3 heterocycles. The van der Waals surface area contributed by atoms with E-state index in [0.717, 1.165) is 22.6 Å². The van der Waals surface area contributed by atoms with Crippen LogP contribution in [0.1, 0.15) is 12.0 Å². The van der Waals surface area contributed by atoms with Crippen LogP contribution in [-0.2, 0) is 16.1 Å². The van der Waals surface area contributed by atoms with Crippen molar-refractivity contribution < 1.29 is 9.53 Å². The molecule has 2 aromatic rings. The number of carbonyl (C=O) groups is 1. The monoisotopic (exact) mass is 288 g/mol. The minimum atomic E-state index is 0.00797. The maximum atomic E-state index is 11.9. The van der Waals surface area contributed by atoms with Crippen LogP contribution < -0.4 is 5.32 Å². The van der Waals surface area contributed by atoms with Crippen LogP contribution in [0.5, 0.6) is 0 Å². The first-order chi connectivity index (χ1) is 9.83. The number of thiophene rings is 1. The molecule has 20 heavy (non-hydrogen) atoms. The number of nitrogens with zero attached hydrogens (tertiary/aromatic N) is 1. The molecule has 3 rings (SSSR count). The summed E-state index contributed by atoms with van der Waals surface area (Å²) in [5.41, 5.74) is 2.02. The van der Waals surface area contributed by atoms with Crippen LogP contribution in [0.25, 0.3) is 10.6 Å². The van der Waals surface area contributed by atoms with E-state index in [1.54, 1.807) is 17.5 Å². The normalized spacial score (nSPS) is 18.1. The first kappa shape index (κ1) is 13.3. The summed E-state index contributed by atoms with van der Waals surface area (Å²) in [4.78, 5) is 17.4. The summed E-state index contributed by atoms with van der Waals surface area (Å²) in [6.07, 6.45) is 2.61. The van der Waals surface area contributed by atoms with Crippen molar-refractivity contribution in [2.45, 2.75) is 13.0 Å². The second-order valence-electron chi connectivity index (χ2n) is 4.80. The molecule has 1 atom stereocenters. The highest BCUT2D eigenvalue weighted by molar-refractivity contribution is 7.13. The van der Waals surface area contributed by atoms with Gasteiger partial charge in [0.25, 0.3) is 0 Å². The minimum Gasteiger partial charge on any atom is -0.381 e. The summed E-state index contributed by atoms with van der Waals surface area (Å²) in [7, 11) is 0. The van der Waals surface area contributed by atoms with Crippen LogP contribution >= 0.6 is 11.3 Å². The highest BCUT2D eigenvalue weighted by atomic mass is 32.1. The van der Waals surface area contributed by atoms with Crippen molar-refractivity contribution in [2.24, 2.45) is 5.92 Å². The molecular weight excluding hydrogens is 272 g/mol. The maximum absolute atomic E-state index is 11.9. The minimum absolute atomic E-state index is 0.00797. The Kier molecular flexibility index (Phi) is 4.08. The number of carbonyl (C=O) groups excluding carboxylic acids is 1. The number of amides is 1. The third-order valence-electron chi connectivity index (χ3n) is 3.37. The topological polar surface area (TPSA) is 51.2 Å². The van der Waals surface area contributed by atoms with Crippen LogP contribution in [0.2, 0.25) is 0 Å². The van der Waals surface area contributed by atoms with Gasteiger partial charge in [-0.05, 0) is 35.6 Å². The average Bonchev–Trinajstić information content (AvgIpc) is 3.17. The highest BCUT2D eigenvalue weighted by Gasteiger charge is 2.22. The predicted molar refractivity (Wildman–Crippen MR) is 78.3 cm³/mol. The fraction of sp³-hybridized carbons (Fsp3) is 0.333. The van der Waals surface area contributed by atoms with E-state index in [9.17, 15) is 4.79 Å². The summed E-state index contributed by atoms with van der Waals surface area (Å²) < 4.78 is 5.23. The molecule has 1 fully saturated rings. The number of pyridine rings is 1. The molecule has 0 aromatic carbocycles. The van der Waals surface area contributed by atoms with E-state index < -0.39 is 0 Å². The van der Waals surface area contributed by atoms with E-state index >= 15 is 0 Å². The van der Waals surface area contributed by atoms with Gasteiger partial charge in [-0.25, -0.2) is 0 Å². The second kappa shape index (κ2) is 6.15. The van der Waals surface area contributed by atoms with Crippen molar-refractivity contribution in [1.29, 1.82) is 0 Å². The van der Waals surface area contributed by atoms with Crippen LogP contribution in [0.3, 0.4) is 0 Å². The predicted octanol–water partition coefficient (Wildman–Crippen LogP) is 2.46. The van der Waals surface area contributed by atoms with Gasteiger partial charge in [0.05, 0.1) is 23.1 Å². The zero-order valence-corrected chi connectivity index (χ0v) is 11.9. The van der Waals surface area contributed by atoms with Gasteiger partial charge in [-0.3, -0.25) is 9.78 Å². The van der Waals surface area contributed by atoms with Crippen molar-refractivity contribution in [2.75, 3.05) is 13.2 Å². The van der Waals surface area contributed by atoms with E-state index in [4.69, 9.17) is 4.74 Å². The lowest BCUT2D eigenvalue weighted by atomic mass is 10.1. The zero-order valence-electron chi connectivity index (χ0n) is 11.0. The van der Waals surface area contributed by atoms with Gasteiger partial charge < -0.3 is 10.1 Å². The lowest BCUT2D eigenvalue weighted by Crippen LogP contribution is -2.30. The molecule has 1 N–H and O–H groups in total. The van der Waals surface area contributed by atoms with Crippen molar-refractivity contribution in [3.05, 3.63) is 41.4 Å². The third kappa shape index (κ3) is 3.05. The molecule has 0 unspecified atom stereocenters. The van der Waals surface area contributed by atoms with Crippen molar-refractivity contribution in [3.8, 4) is 10.6 Å². The Morgan fingerprint density at radius 3 is 3.20 bits per heavy atom. The van der Waals surface area contributed by atoms with Gasteiger partial charge in [-0.1, -0.05) is 6.07 Å². The molecule has 0 spiro atoms. The molecule has 1 amide bonds. The Balaban J connectivity index is 1.63. The number of hydrogen-bond acceptors (Lipinski definition) is 4. The molecule has 0 aliphatic carbocycles. The van der Waals surface area contributed by atoms with E-state index in [-0.39, 0.29) is 11.8 Å². The Morgan fingerprint density at radius 1 is 1.50 bits per heavy atom. The van der Waals surface area contributed by atoms with Crippen molar-refractivity contribution >= 4 is 17.2 Å². The zero-order chi connectivity index (χ0) is 13.8. The standard InChI is InChI=1S/C15H16N2O2S/c18-15(12-4-6-19-10-12)17-9-11-3-5-16-13(8-11)14-2-1-7-20-14/h1-3,5,7-8,12H,4,6,9-10H2,(H,17,18)/t12-/m1/s1. The van der Waals surface area contributed by atoms with Crippen molar-refractivity contribution in [1.82, 2.24) is 10.3 Å². The second-order valence-corrected chi connectivity index (χ2v) is 5.75. The SMILES string of the molecule is O=C(NCc1ccnc(-c2cccs2)c1)[C@@H]1CCOC1. The fourth-order valence-electron chi connectivity index (χ4n) is 2.22. The lowest BCUT2D eigenvalue weighted by Gasteiger charge is -2.09. The quantitative estimate of drug-likeness (QED) is 0.940. The van der Waals surface area contributed by atoms with Crippen LogP contribution in [-0.4, -0.2) is 24.1 Å². The molecule has 1 aliphatic rings. The Hall–Kier alpha value is -1.72. The molecular formula is C15H16N2O2S. The third-order valence-corrected chi connectivity index (χ3v) is 4.26. The summed E-state index contributed by atoms with van der Waals surface area (Å²) in [5.74, 6) is 0.0885. The molecule has 0 bridgehead atoms. The molecule has 0 radical (unpaired) electrons. The molecule has 104 valence electrons. The number of rotatable bonds is 4. The molecule has 2 aromatic heterocycles. The Labute approximate surface area is 121 Å². The number of ether oxygens (including phenoxy) is 1. The molecule has 0 saturated carbocycles. The Bertz CT molecular complexity index is 577. The van der Waals surface area contributed by atoms with Gasteiger partial charge in [0.1, 0.15) is 0 Å². The van der Waals surface area contributed by atoms with Gasteiger partial charge in [-0.2, -0.15) is 0 Å². The summed E-state index contributed by atoms with van der Waals surface area (Å²) >= 11 is 1.66. The molecule has 1 aliphatic heterocycles. The highest BCUT2D eigenvalue weighted by Crippen LogP contribution is 2.23. The fourth-order valence-corrected chi connectivity index (χ4v) is 2.91. The van der Waals surface area contributed by atoms with Gasteiger partial charge >= 0.3 is 0 Å². The maximum Gasteiger partial charge on any atom is 0.225 e. The molecule has 4 nitrogen and oxygen atoms in total. The largest absolute Gasteiger partial charge is 0.381 e. The van der Waals surface area contributed by atoms with E-state index in [2.05, 4.69) is 10.3 Å².